The average Bonchev–Trinajstić information content (AvgIpc) is 3.32. The molecule has 156 valence electrons. The van der Waals surface area contributed by atoms with Crippen molar-refractivity contribution in [3.8, 4) is 0 Å². The summed E-state index contributed by atoms with van der Waals surface area (Å²) in [5, 5.41) is 27.3. The number of nitrogens with zero attached hydrogens (tertiary/aromatic N) is 4. The standard InChI is InChI=1S/C20H26N6OS.HI/c1-14-6-4-7-16(10-14)18(27)12-22-20(21-11-17-8-5-9-28-17)23-13-19-25-24-15(2)26(19)3;/h4-10,18,27H,11-13H2,1-3H3,(H2,21,22,23);1H. The molecule has 29 heavy (non-hydrogen) atoms. The van der Waals surface area contributed by atoms with E-state index in [1.807, 2.05) is 61.2 Å². The van der Waals surface area contributed by atoms with Gasteiger partial charge in [0, 0.05) is 18.5 Å². The Labute approximate surface area is 192 Å². The number of halogens is 1. The molecular weight excluding hydrogens is 499 g/mol. The Morgan fingerprint density at radius 2 is 2.03 bits per heavy atom. The number of hydrogen-bond acceptors (Lipinski definition) is 5. The predicted molar refractivity (Wildman–Crippen MR) is 128 cm³/mol. The second kappa shape index (κ2) is 11.3. The Balaban J connectivity index is 0.00000300. The van der Waals surface area contributed by atoms with Crippen molar-refractivity contribution in [1.82, 2.24) is 25.4 Å². The van der Waals surface area contributed by atoms with Gasteiger partial charge in [-0.05, 0) is 30.9 Å². The second-order valence-electron chi connectivity index (χ2n) is 6.63. The van der Waals surface area contributed by atoms with E-state index < -0.39 is 6.10 Å². The van der Waals surface area contributed by atoms with E-state index in [-0.39, 0.29) is 24.0 Å². The van der Waals surface area contributed by atoms with Crippen LogP contribution in [0.5, 0.6) is 0 Å². The fourth-order valence-corrected chi connectivity index (χ4v) is 3.33. The summed E-state index contributed by atoms with van der Waals surface area (Å²) in [6, 6.07) is 12.0. The molecule has 0 saturated carbocycles. The third-order valence-electron chi connectivity index (χ3n) is 4.46. The molecule has 0 radical (unpaired) electrons. The number of nitrogens with one attached hydrogen (secondary N) is 2. The molecule has 0 bridgehead atoms. The minimum Gasteiger partial charge on any atom is -0.387 e. The second-order valence-corrected chi connectivity index (χ2v) is 7.66. The third kappa shape index (κ3) is 6.79. The van der Waals surface area contributed by atoms with Gasteiger partial charge in [-0.15, -0.1) is 45.5 Å². The van der Waals surface area contributed by atoms with E-state index in [9.17, 15) is 5.11 Å². The normalized spacial score (nSPS) is 12.3. The van der Waals surface area contributed by atoms with Gasteiger partial charge < -0.3 is 20.3 Å². The van der Waals surface area contributed by atoms with Gasteiger partial charge in [0.25, 0.3) is 0 Å². The first kappa shape index (κ1) is 23.3. The van der Waals surface area contributed by atoms with Gasteiger partial charge in [0.1, 0.15) is 12.4 Å². The van der Waals surface area contributed by atoms with E-state index in [2.05, 4.69) is 31.9 Å². The molecule has 1 atom stereocenters. The molecule has 3 rings (SSSR count). The highest BCUT2D eigenvalue weighted by Gasteiger charge is 2.10. The van der Waals surface area contributed by atoms with Crippen LogP contribution in [0.2, 0.25) is 0 Å². The van der Waals surface area contributed by atoms with E-state index in [1.54, 1.807) is 11.3 Å². The molecule has 7 nitrogen and oxygen atoms in total. The maximum absolute atomic E-state index is 10.5. The maximum Gasteiger partial charge on any atom is 0.192 e. The summed E-state index contributed by atoms with van der Waals surface area (Å²) in [5.74, 6) is 2.26. The zero-order valence-electron chi connectivity index (χ0n) is 16.8. The van der Waals surface area contributed by atoms with Crippen LogP contribution in [0.1, 0.15) is 33.8 Å². The third-order valence-corrected chi connectivity index (χ3v) is 5.34. The number of aliphatic hydroxyl groups is 1. The van der Waals surface area contributed by atoms with Crippen LogP contribution >= 0.6 is 35.3 Å². The van der Waals surface area contributed by atoms with Crippen LogP contribution in [0, 0.1) is 13.8 Å². The van der Waals surface area contributed by atoms with Crippen molar-refractivity contribution in [3.63, 3.8) is 0 Å². The van der Waals surface area contributed by atoms with E-state index in [0.29, 0.717) is 25.6 Å². The molecular formula is C20H27IN6OS. The minimum absolute atomic E-state index is 0. The summed E-state index contributed by atoms with van der Waals surface area (Å²) in [7, 11) is 1.92. The number of aromatic nitrogens is 3. The number of rotatable bonds is 7. The monoisotopic (exact) mass is 526 g/mol. The van der Waals surface area contributed by atoms with Crippen LogP contribution in [-0.4, -0.2) is 32.4 Å². The molecule has 0 spiro atoms. The van der Waals surface area contributed by atoms with Crippen molar-refractivity contribution in [3.05, 3.63) is 69.4 Å². The molecule has 0 aliphatic rings. The fourth-order valence-electron chi connectivity index (χ4n) is 2.69. The summed E-state index contributed by atoms with van der Waals surface area (Å²) in [6.45, 7) is 5.35. The highest BCUT2D eigenvalue weighted by Crippen LogP contribution is 2.13. The van der Waals surface area contributed by atoms with Crippen molar-refractivity contribution in [2.75, 3.05) is 6.54 Å². The van der Waals surface area contributed by atoms with Gasteiger partial charge in [0.05, 0.1) is 12.6 Å². The number of aliphatic imine (C=N–C) groups is 1. The number of hydrogen-bond donors (Lipinski definition) is 3. The molecule has 3 aromatic rings. The lowest BCUT2D eigenvalue weighted by atomic mass is 10.1. The maximum atomic E-state index is 10.5. The molecule has 0 saturated heterocycles. The lowest BCUT2D eigenvalue weighted by molar-refractivity contribution is 0.180. The Kier molecular flexibility index (Phi) is 9.05. The zero-order chi connectivity index (χ0) is 19.9. The first-order chi connectivity index (χ1) is 13.5. The van der Waals surface area contributed by atoms with Gasteiger partial charge in [-0.2, -0.15) is 0 Å². The summed E-state index contributed by atoms with van der Waals surface area (Å²) in [4.78, 5) is 5.83. The Morgan fingerprint density at radius 3 is 2.69 bits per heavy atom. The van der Waals surface area contributed by atoms with Crippen molar-refractivity contribution >= 4 is 41.3 Å². The van der Waals surface area contributed by atoms with E-state index in [0.717, 1.165) is 22.8 Å². The van der Waals surface area contributed by atoms with Crippen molar-refractivity contribution in [2.24, 2.45) is 12.0 Å². The Bertz CT molecular complexity index is 925. The first-order valence-corrected chi connectivity index (χ1v) is 10.0. The van der Waals surface area contributed by atoms with E-state index in [4.69, 9.17) is 0 Å². The van der Waals surface area contributed by atoms with E-state index in [1.165, 1.54) is 4.88 Å². The van der Waals surface area contributed by atoms with Crippen LogP contribution in [0.25, 0.3) is 0 Å². The number of aryl methyl sites for hydroxylation is 2. The zero-order valence-corrected chi connectivity index (χ0v) is 19.9. The predicted octanol–water partition coefficient (Wildman–Crippen LogP) is 3.08. The van der Waals surface area contributed by atoms with Crippen LogP contribution in [0.15, 0.2) is 46.8 Å². The summed E-state index contributed by atoms with van der Waals surface area (Å²) >= 11 is 1.69. The molecule has 2 aromatic heterocycles. The van der Waals surface area contributed by atoms with Gasteiger partial charge in [-0.3, -0.25) is 0 Å². The van der Waals surface area contributed by atoms with Gasteiger partial charge >= 0.3 is 0 Å². The largest absolute Gasteiger partial charge is 0.387 e. The van der Waals surface area contributed by atoms with Crippen molar-refractivity contribution < 1.29 is 5.11 Å². The molecule has 1 unspecified atom stereocenters. The average molecular weight is 526 g/mol. The molecule has 9 heteroatoms. The van der Waals surface area contributed by atoms with Gasteiger partial charge in [-0.25, -0.2) is 4.99 Å². The SMILES string of the molecule is Cc1cccc(C(O)CNC(=NCc2nnc(C)n2C)NCc2cccs2)c1.I. The molecule has 3 N–H and O–H groups in total. The highest BCUT2D eigenvalue weighted by molar-refractivity contribution is 14.0. The van der Waals surface area contributed by atoms with Crippen LogP contribution in [0.4, 0.5) is 0 Å². The van der Waals surface area contributed by atoms with Gasteiger partial charge in [0.2, 0.25) is 0 Å². The lowest BCUT2D eigenvalue weighted by Crippen LogP contribution is -2.39. The quantitative estimate of drug-likeness (QED) is 0.250. The summed E-state index contributed by atoms with van der Waals surface area (Å²) in [5.41, 5.74) is 2.01. The van der Waals surface area contributed by atoms with Crippen molar-refractivity contribution in [2.45, 2.75) is 33.0 Å². The molecule has 0 aliphatic carbocycles. The van der Waals surface area contributed by atoms with Crippen molar-refractivity contribution in [1.29, 1.82) is 0 Å². The van der Waals surface area contributed by atoms with E-state index >= 15 is 0 Å². The minimum atomic E-state index is -0.620. The number of thiophene rings is 1. The van der Waals surface area contributed by atoms with Crippen LogP contribution < -0.4 is 10.6 Å². The van der Waals surface area contributed by atoms with Gasteiger partial charge in [-0.1, -0.05) is 35.9 Å². The summed E-state index contributed by atoms with van der Waals surface area (Å²) in [6.07, 6.45) is -0.620. The Morgan fingerprint density at radius 1 is 1.21 bits per heavy atom. The smallest absolute Gasteiger partial charge is 0.192 e. The topological polar surface area (TPSA) is 87.4 Å². The fraction of sp³-hybridized carbons (Fsp3) is 0.350. The summed E-state index contributed by atoms with van der Waals surface area (Å²) < 4.78 is 1.92. The molecule has 0 aliphatic heterocycles. The lowest BCUT2D eigenvalue weighted by Gasteiger charge is -2.16. The number of aliphatic hydroxyl groups excluding tert-OH is 1. The molecule has 1 aromatic carbocycles. The highest BCUT2D eigenvalue weighted by atomic mass is 127. The first-order valence-electron chi connectivity index (χ1n) is 9.17. The number of guanidine groups is 1. The van der Waals surface area contributed by atoms with Crippen LogP contribution in [-0.2, 0) is 20.1 Å². The molecule has 2 heterocycles. The van der Waals surface area contributed by atoms with Crippen LogP contribution in [0.3, 0.4) is 0 Å². The Hall–Kier alpha value is -1.98. The van der Waals surface area contributed by atoms with Gasteiger partial charge in [0.15, 0.2) is 11.8 Å². The molecule has 0 amide bonds. The number of benzene rings is 1. The molecule has 0 fully saturated rings.